The molecular formula is C12H17O. The second kappa shape index (κ2) is 4.31. The lowest BCUT2D eigenvalue weighted by Crippen LogP contribution is -2.00. The van der Waals surface area contributed by atoms with Crippen molar-refractivity contribution in [3.63, 3.8) is 0 Å². The molecule has 0 aromatic heterocycles. The normalized spacial score (nSPS) is 10.2. The van der Waals surface area contributed by atoms with E-state index in [9.17, 15) is 0 Å². The minimum atomic E-state index is 0.700. The number of hydrogen-bond acceptors (Lipinski definition) is 1. The molecule has 0 fully saturated rings. The van der Waals surface area contributed by atoms with Crippen LogP contribution in [-0.4, -0.2) is 6.61 Å². The van der Waals surface area contributed by atoms with E-state index < -0.39 is 0 Å². The van der Waals surface area contributed by atoms with Crippen molar-refractivity contribution in [1.29, 1.82) is 0 Å². The largest absolute Gasteiger partial charge is 0.493 e. The zero-order valence-electron chi connectivity index (χ0n) is 8.68. The predicted octanol–water partition coefficient (Wildman–Crippen LogP) is 3.21. The quantitative estimate of drug-likeness (QED) is 0.688. The third-order valence-corrected chi connectivity index (χ3v) is 2.26. The molecule has 0 spiro atoms. The number of ether oxygens (including phenoxy) is 1. The molecule has 0 aliphatic heterocycles. The molecule has 0 heterocycles. The molecule has 0 N–H and O–H groups in total. The van der Waals surface area contributed by atoms with E-state index in [0.29, 0.717) is 6.61 Å². The van der Waals surface area contributed by atoms with Crippen LogP contribution >= 0.6 is 0 Å². The first-order valence-electron chi connectivity index (χ1n) is 4.65. The van der Waals surface area contributed by atoms with Gasteiger partial charge in [0.1, 0.15) is 5.75 Å². The highest BCUT2D eigenvalue weighted by Gasteiger charge is 2.04. The third kappa shape index (κ3) is 2.24. The first kappa shape index (κ1) is 10.1. The minimum absolute atomic E-state index is 0.700. The van der Waals surface area contributed by atoms with E-state index in [-0.39, 0.29) is 0 Å². The summed E-state index contributed by atoms with van der Waals surface area (Å²) in [6.07, 6.45) is 0.812. The first-order valence-corrected chi connectivity index (χ1v) is 4.65. The van der Waals surface area contributed by atoms with Gasteiger partial charge in [-0.15, -0.1) is 0 Å². The first-order chi connectivity index (χ1) is 6.16. The van der Waals surface area contributed by atoms with Crippen LogP contribution in [0.25, 0.3) is 0 Å². The monoisotopic (exact) mass is 177 g/mol. The molecule has 0 saturated heterocycles. The Morgan fingerprint density at radius 2 is 1.77 bits per heavy atom. The molecule has 1 heteroatoms. The molecule has 0 bridgehead atoms. The summed E-state index contributed by atoms with van der Waals surface area (Å²) in [5, 5.41) is 0. The van der Waals surface area contributed by atoms with Crippen molar-refractivity contribution in [1.82, 2.24) is 0 Å². The highest BCUT2D eigenvalue weighted by Crippen LogP contribution is 2.25. The Bertz CT molecular complexity index is 289. The summed E-state index contributed by atoms with van der Waals surface area (Å²) < 4.78 is 5.64. The lowest BCUT2D eigenvalue weighted by molar-refractivity contribution is 0.319. The van der Waals surface area contributed by atoms with Crippen molar-refractivity contribution >= 4 is 0 Å². The van der Waals surface area contributed by atoms with E-state index in [1.807, 2.05) is 0 Å². The van der Waals surface area contributed by atoms with E-state index in [4.69, 9.17) is 4.74 Å². The highest BCUT2D eigenvalue weighted by molar-refractivity contribution is 5.44. The summed E-state index contributed by atoms with van der Waals surface area (Å²) in [7, 11) is 0. The van der Waals surface area contributed by atoms with Gasteiger partial charge in [-0.1, -0.05) is 12.1 Å². The van der Waals surface area contributed by atoms with Crippen molar-refractivity contribution < 1.29 is 4.74 Å². The maximum Gasteiger partial charge on any atom is 0.125 e. The summed E-state index contributed by atoms with van der Waals surface area (Å²) in [6.45, 7) is 10.7. The fraction of sp³-hybridized carbons (Fsp3) is 0.417. The van der Waals surface area contributed by atoms with E-state index in [1.165, 1.54) is 16.7 Å². The summed E-state index contributed by atoms with van der Waals surface area (Å²) in [5.41, 5.74) is 3.73. The van der Waals surface area contributed by atoms with E-state index in [2.05, 4.69) is 39.8 Å². The average Bonchev–Trinajstić information content (AvgIpc) is 2.12. The minimum Gasteiger partial charge on any atom is -0.493 e. The van der Waals surface area contributed by atoms with Gasteiger partial charge in [-0.05, 0) is 50.8 Å². The molecule has 0 unspecified atom stereocenters. The van der Waals surface area contributed by atoms with Crippen LogP contribution in [0.1, 0.15) is 23.1 Å². The Morgan fingerprint density at radius 1 is 1.15 bits per heavy atom. The molecule has 0 aliphatic rings. The standard InChI is InChI=1S/C12H17O/c1-5-8-13-12-10(3)7-6-9(2)11(12)4/h6-7H,1,5,8H2,2-4H3. The van der Waals surface area contributed by atoms with Crippen molar-refractivity contribution in [2.45, 2.75) is 27.2 Å². The topological polar surface area (TPSA) is 9.23 Å². The van der Waals surface area contributed by atoms with Crippen LogP contribution in [-0.2, 0) is 0 Å². The SMILES string of the molecule is [CH2]CCOc1c(C)ccc(C)c1C. The maximum absolute atomic E-state index is 5.64. The molecule has 0 saturated carbocycles. The van der Waals surface area contributed by atoms with Crippen LogP contribution in [0.5, 0.6) is 5.75 Å². The Kier molecular flexibility index (Phi) is 3.35. The van der Waals surface area contributed by atoms with Crippen LogP contribution in [0, 0.1) is 27.7 Å². The van der Waals surface area contributed by atoms with Crippen LogP contribution in [0.15, 0.2) is 12.1 Å². The van der Waals surface area contributed by atoms with Gasteiger partial charge in [0.05, 0.1) is 6.61 Å². The summed E-state index contributed by atoms with van der Waals surface area (Å²) >= 11 is 0. The number of rotatable bonds is 3. The summed E-state index contributed by atoms with van der Waals surface area (Å²) in [4.78, 5) is 0. The molecule has 1 nitrogen and oxygen atoms in total. The lowest BCUT2D eigenvalue weighted by Gasteiger charge is -2.12. The molecule has 1 radical (unpaired) electrons. The number of aryl methyl sites for hydroxylation is 2. The van der Waals surface area contributed by atoms with Crippen LogP contribution in [0.4, 0.5) is 0 Å². The molecule has 1 aromatic carbocycles. The molecule has 0 atom stereocenters. The van der Waals surface area contributed by atoms with Gasteiger partial charge in [0.2, 0.25) is 0 Å². The van der Waals surface area contributed by atoms with Gasteiger partial charge in [-0.25, -0.2) is 0 Å². The zero-order valence-corrected chi connectivity index (χ0v) is 8.68. The van der Waals surface area contributed by atoms with Gasteiger partial charge in [0.15, 0.2) is 0 Å². The van der Waals surface area contributed by atoms with Gasteiger partial charge in [0, 0.05) is 0 Å². The molecular weight excluding hydrogens is 160 g/mol. The molecule has 1 aromatic rings. The Labute approximate surface area is 80.7 Å². The van der Waals surface area contributed by atoms with Gasteiger partial charge in [-0.3, -0.25) is 0 Å². The van der Waals surface area contributed by atoms with Gasteiger partial charge in [0.25, 0.3) is 0 Å². The smallest absolute Gasteiger partial charge is 0.125 e. The molecule has 71 valence electrons. The molecule has 0 amide bonds. The molecule has 1 rings (SSSR count). The van der Waals surface area contributed by atoms with Crippen molar-refractivity contribution in [3.8, 4) is 5.75 Å². The zero-order chi connectivity index (χ0) is 9.84. The lowest BCUT2D eigenvalue weighted by atomic mass is 10.1. The highest BCUT2D eigenvalue weighted by atomic mass is 16.5. The van der Waals surface area contributed by atoms with E-state index >= 15 is 0 Å². The summed E-state index contributed by atoms with van der Waals surface area (Å²) in [6, 6.07) is 4.22. The van der Waals surface area contributed by atoms with Crippen molar-refractivity contribution in [2.24, 2.45) is 0 Å². The third-order valence-electron chi connectivity index (χ3n) is 2.26. The Balaban J connectivity index is 2.96. The van der Waals surface area contributed by atoms with Crippen LogP contribution in [0.2, 0.25) is 0 Å². The van der Waals surface area contributed by atoms with E-state index in [1.54, 1.807) is 0 Å². The van der Waals surface area contributed by atoms with Crippen LogP contribution in [0.3, 0.4) is 0 Å². The van der Waals surface area contributed by atoms with Crippen LogP contribution < -0.4 is 4.74 Å². The maximum atomic E-state index is 5.64. The summed E-state index contributed by atoms with van der Waals surface area (Å²) in [5.74, 6) is 1.03. The number of benzene rings is 1. The van der Waals surface area contributed by atoms with Crippen molar-refractivity contribution in [2.75, 3.05) is 6.61 Å². The van der Waals surface area contributed by atoms with Gasteiger partial charge in [-0.2, -0.15) is 0 Å². The second-order valence-electron chi connectivity index (χ2n) is 3.36. The average molecular weight is 177 g/mol. The second-order valence-corrected chi connectivity index (χ2v) is 3.36. The van der Waals surface area contributed by atoms with E-state index in [0.717, 1.165) is 12.2 Å². The van der Waals surface area contributed by atoms with Gasteiger partial charge < -0.3 is 4.74 Å². The Morgan fingerprint density at radius 3 is 2.38 bits per heavy atom. The van der Waals surface area contributed by atoms with Crippen molar-refractivity contribution in [3.05, 3.63) is 35.7 Å². The fourth-order valence-corrected chi connectivity index (χ4v) is 1.32. The van der Waals surface area contributed by atoms with Gasteiger partial charge >= 0.3 is 0 Å². The predicted molar refractivity (Wildman–Crippen MR) is 56.1 cm³/mol. The number of hydrogen-bond donors (Lipinski definition) is 0. The fourth-order valence-electron chi connectivity index (χ4n) is 1.32. The Hall–Kier alpha value is -0.980. The molecule has 13 heavy (non-hydrogen) atoms. The molecule has 0 aliphatic carbocycles.